The summed E-state index contributed by atoms with van der Waals surface area (Å²) in [5.41, 5.74) is 5.60. The average molecular weight is 338 g/mol. The van der Waals surface area contributed by atoms with Crippen LogP contribution in [-0.4, -0.2) is 50.3 Å². The van der Waals surface area contributed by atoms with Gasteiger partial charge in [0.1, 0.15) is 6.73 Å². The minimum atomic E-state index is -0.386. The summed E-state index contributed by atoms with van der Waals surface area (Å²) in [5, 5.41) is 11.4. The Balaban J connectivity index is 0.000000219. The van der Waals surface area contributed by atoms with Gasteiger partial charge >= 0.3 is 0 Å². The van der Waals surface area contributed by atoms with E-state index in [1.54, 1.807) is 0 Å². The van der Waals surface area contributed by atoms with Crippen molar-refractivity contribution >= 4 is 23.0 Å². The number of nitrogens with one attached hydrogen (secondary N) is 2. The normalized spacial score (nSPS) is 14.6. The maximum absolute atomic E-state index is 11.4. The summed E-state index contributed by atoms with van der Waals surface area (Å²) in [4.78, 5) is 32.2. The Labute approximate surface area is 138 Å². The van der Waals surface area contributed by atoms with E-state index < -0.39 is 0 Å². The van der Waals surface area contributed by atoms with Gasteiger partial charge in [-0.1, -0.05) is 6.42 Å². The van der Waals surface area contributed by atoms with E-state index in [2.05, 4.69) is 20.3 Å². The van der Waals surface area contributed by atoms with Crippen LogP contribution in [0.3, 0.4) is 0 Å². The number of H-pyrrole nitrogens is 1. The number of nitrogens with zero attached hydrogens (tertiary/aromatic N) is 3. The maximum atomic E-state index is 11.4. The molecule has 2 aromatic rings. The highest BCUT2D eigenvalue weighted by atomic mass is 16.5. The predicted octanol–water partition coefficient (Wildman–Crippen LogP) is -0.655. The number of aromatic amines is 1. The molecule has 0 bridgehead atoms. The van der Waals surface area contributed by atoms with Crippen LogP contribution >= 0.6 is 0 Å². The third-order valence-corrected chi connectivity index (χ3v) is 3.36. The van der Waals surface area contributed by atoms with Crippen LogP contribution < -0.4 is 16.6 Å². The van der Waals surface area contributed by atoms with Gasteiger partial charge in [-0.2, -0.15) is 4.98 Å². The van der Waals surface area contributed by atoms with Crippen LogP contribution in [0, 0.1) is 0 Å². The molecule has 1 aliphatic heterocycles. The Morgan fingerprint density at radius 1 is 1.33 bits per heavy atom. The predicted molar refractivity (Wildman–Crippen MR) is 87.1 cm³/mol. The first-order chi connectivity index (χ1) is 11.6. The Morgan fingerprint density at radius 3 is 2.96 bits per heavy atom. The van der Waals surface area contributed by atoms with Crippen molar-refractivity contribution in [2.45, 2.75) is 32.4 Å². The van der Waals surface area contributed by atoms with Gasteiger partial charge < -0.3 is 20.9 Å². The average Bonchev–Trinajstić information content (AvgIpc) is 2.79. The molecule has 1 amide bonds. The van der Waals surface area contributed by atoms with Crippen LogP contribution in [0.25, 0.3) is 11.2 Å². The molecule has 0 spiro atoms. The van der Waals surface area contributed by atoms with E-state index in [4.69, 9.17) is 15.6 Å². The van der Waals surface area contributed by atoms with Gasteiger partial charge in [-0.05, 0) is 12.8 Å². The number of imidazole rings is 1. The second kappa shape index (κ2) is 8.99. The smallest absolute Gasteiger partial charge is 0.280 e. The Kier molecular flexibility index (Phi) is 6.70. The highest BCUT2D eigenvalue weighted by molar-refractivity contribution is 5.75. The minimum Gasteiger partial charge on any atom is -0.394 e. The number of aromatic nitrogens is 4. The molecule has 0 saturated carbocycles. The fraction of sp³-hybridized carbons (Fsp3) is 0.571. The van der Waals surface area contributed by atoms with Crippen LogP contribution in [-0.2, 0) is 16.3 Å². The number of amides is 1. The molecule has 3 heterocycles. The third-order valence-electron chi connectivity index (χ3n) is 3.36. The number of carbonyl (C=O) groups excluding carboxylic acids is 1. The molecule has 10 nitrogen and oxygen atoms in total. The van der Waals surface area contributed by atoms with E-state index in [-0.39, 0.29) is 42.9 Å². The van der Waals surface area contributed by atoms with Crippen LogP contribution in [0.5, 0.6) is 0 Å². The Hall–Kier alpha value is -2.46. The number of nitrogens with two attached hydrogens (primary N) is 1. The van der Waals surface area contributed by atoms with Crippen molar-refractivity contribution in [3.05, 3.63) is 16.7 Å². The summed E-state index contributed by atoms with van der Waals surface area (Å²) < 4.78 is 6.63. The molecule has 10 heteroatoms. The largest absolute Gasteiger partial charge is 0.394 e. The van der Waals surface area contributed by atoms with Crippen LogP contribution in [0.2, 0.25) is 0 Å². The zero-order valence-electron chi connectivity index (χ0n) is 13.3. The quantitative estimate of drug-likeness (QED) is 0.541. The van der Waals surface area contributed by atoms with E-state index in [9.17, 15) is 9.59 Å². The fourth-order valence-corrected chi connectivity index (χ4v) is 2.20. The lowest BCUT2D eigenvalue weighted by molar-refractivity contribution is -0.120. The monoisotopic (exact) mass is 338 g/mol. The van der Waals surface area contributed by atoms with E-state index >= 15 is 0 Å². The number of aliphatic hydroxyl groups is 1. The topological polar surface area (TPSA) is 148 Å². The van der Waals surface area contributed by atoms with Crippen molar-refractivity contribution in [2.75, 3.05) is 25.5 Å². The SMILES string of the molecule is Nc1nc2c(ncn2COCCO)c(=O)[nH]1.O=C1CCCCCN1. The Morgan fingerprint density at radius 2 is 2.17 bits per heavy atom. The molecule has 1 aliphatic rings. The van der Waals surface area contributed by atoms with Gasteiger partial charge in [-0.3, -0.25) is 19.1 Å². The van der Waals surface area contributed by atoms with Crippen LogP contribution in [0.1, 0.15) is 25.7 Å². The Bertz CT molecular complexity index is 716. The molecule has 0 unspecified atom stereocenters. The summed E-state index contributed by atoms with van der Waals surface area (Å²) in [6.45, 7) is 1.19. The van der Waals surface area contributed by atoms with E-state index in [0.29, 0.717) is 5.65 Å². The van der Waals surface area contributed by atoms with Crippen LogP contribution in [0.4, 0.5) is 5.95 Å². The molecule has 24 heavy (non-hydrogen) atoms. The van der Waals surface area contributed by atoms with Crippen LogP contribution in [0.15, 0.2) is 11.1 Å². The number of hydrogen-bond donors (Lipinski definition) is 4. The second-order valence-electron chi connectivity index (χ2n) is 5.26. The first-order valence-electron chi connectivity index (χ1n) is 7.77. The third kappa shape index (κ3) is 5.03. The van der Waals surface area contributed by atoms with Crippen molar-refractivity contribution < 1.29 is 14.6 Å². The van der Waals surface area contributed by atoms with E-state index in [1.165, 1.54) is 17.3 Å². The molecule has 1 saturated heterocycles. The molecule has 0 aliphatic carbocycles. The van der Waals surface area contributed by atoms with Crippen molar-refractivity contribution in [1.82, 2.24) is 24.8 Å². The van der Waals surface area contributed by atoms with Gasteiger partial charge in [0, 0.05) is 13.0 Å². The zero-order chi connectivity index (χ0) is 17.4. The number of ether oxygens (including phenoxy) is 1. The van der Waals surface area contributed by atoms with Crippen molar-refractivity contribution in [2.24, 2.45) is 0 Å². The highest BCUT2D eigenvalue weighted by Crippen LogP contribution is 2.06. The molecular weight excluding hydrogens is 316 g/mol. The molecule has 3 rings (SSSR count). The summed E-state index contributed by atoms with van der Waals surface area (Å²) in [7, 11) is 0. The van der Waals surface area contributed by atoms with Gasteiger partial charge in [-0.25, -0.2) is 4.98 Å². The number of fused-ring (bicyclic) bond motifs is 1. The lowest BCUT2D eigenvalue weighted by Gasteiger charge is -2.03. The molecule has 0 radical (unpaired) electrons. The molecule has 132 valence electrons. The number of rotatable bonds is 4. The second-order valence-corrected chi connectivity index (χ2v) is 5.26. The van der Waals surface area contributed by atoms with Gasteiger partial charge in [0.15, 0.2) is 11.2 Å². The molecule has 0 atom stereocenters. The number of hydrogen-bond acceptors (Lipinski definition) is 7. The number of anilines is 1. The van der Waals surface area contributed by atoms with E-state index in [0.717, 1.165) is 25.8 Å². The summed E-state index contributed by atoms with van der Waals surface area (Å²) in [6, 6.07) is 0. The molecular formula is C14H22N6O4. The summed E-state index contributed by atoms with van der Waals surface area (Å²) in [6.07, 6.45) is 5.61. The molecule has 0 aromatic carbocycles. The van der Waals surface area contributed by atoms with Gasteiger partial charge in [0.25, 0.3) is 5.56 Å². The van der Waals surface area contributed by atoms with Crippen molar-refractivity contribution in [3.63, 3.8) is 0 Å². The summed E-state index contributed by atoms with van der Waals surface area (Å²) >= 11 is 0. The zero-order valence-corrected chi connectivity index (χ0v) is 13.3. The number of nitrogen functional groups attached to an aromatic ring is 1. The summed E-state index contributed by atoms with van der Waals surface area (Å²) in [5.74, 6) is 0.254. The van der Waals surface area contributed by atoms with Gasteiger partial charge in [0.05, 0.1) is 19.5 Å². The standard InChI is InChI=1S/C8H11N5O3.C6H11NO/c9-8-11-6-5(7(15)12-8)10-3-13(6)4-16-2-1-14;8-6-4-2-1-3-5-7-6/h3,14H,1-2,4H2,(H3,9,11,12,15);1-5H2,(H,7,8). The fourth-order valence-electron chi connectivity index (χ4n) is 2.20. The van der Waals surface area contributed by atoms with Crippen molar-refractivity contribution in [3.8, 4) is 0 Å². The lowest BCUT2D eigenvalue weighted by atomic mass is 10.2. The number of carbonyl (C=O) groups is 1. The molecule has 1 fully saturated rings. The minimum absolute atomic E-state index is 0.0291. The van der Waals surface area contributed by atoms with Crippen molar-refractivity contribution in [1.29, 1.82) is 0 Å². The number of aliphatic hydroxyl groups excluding tert-OH is 1. The van der Waals surface area contributed by atoms with Gasteiger partial charge in [0.2, 0.25) is 11.9 Å². The molecule has 2 aromatic heterocycles. The molecule has 5 N–H and O–H groups in total. The van der Waals surface area contributed by atoms with E-state index in [1.807, 2.05) is 0 Å². The lowest BCUT2D eigenvalue weighted by Crippen LogP contribution is -2.21. The maximum Gasteiger partial charge on any atom is 0.280 e. The van der Waals surface area contributed by atoms with Gasteiger partial charge in [-0.15, -0.1) is 0 Å². The first-order valence-corrected chi connectivity index (χ1v) is 7.77. The first kappa shape index (κ1) is 17.9. The highest BCUT2D eigenvalue weighted by Gasteiger charge is 2.08.